The summed E-state index contributed by atoms with van der Waals surface area (Å²) in [5.74, 6) is -1.74. The Labute approximate surface area is 104 Å². The van der Waals surface area contributed by atoms with Crippen molar-refractivity contribution in [3.8, 4) is 5.75 Å². The van der Waals surface area contributed by atoms with Gasteiger partial charge in [-0.1, -0.05) is 0 Å². The van der Waals surface area contributed by atoms with Crippen LogP contribution in [0.3, 0.4) is 0 Å². The van der Waals surface area contributed by atoms with Crippen molar-refractivity contribution in [3.05, 3.63) is 23.8 Å². The van der Waals surface area contributed by atoms with Crippen LogP contribution in [-0.4, -0.2) is 34.7 Å². The first-order valence-corrected chi connectivity index (χ1v) is 5.68. The third kappa shape index (κ3) is 2.60. The number of carboxylic acid groups (broad SMARTS) is 1. The number of carbonyl (C=O) groups is 2. The second kappa shape index (κ2) is 5.05. The molecule has 1 heterocycles. The van der Waals surface area contributed by atoms with E-state index < -0.39 is 5.97 Å². The molecule has 4 N–H and O–H groups in total. The normalized spacial score (nSPS) is 18.6. The van der Waals surface area contributed by atoms with E-state index in [1.807, 2.05) is 0 Å². The molecule has 0 spiro atoms. The van der Waals surface area contributed by atoms with Crippen molar-refractivity contribution in [2.24, 2.45) is 0 Å². The molecule has 1 amide bonds. The molecule has 1 aliphatic rings. The van der Waals surface area contributed by atoms with E-state index in [0.29, 0.717) is 5.69 Å². The minimum absolute atomic E-state index is 0.186. The van der Waals surface area contributed by atoms with Gasteiger partial charge in [-0.3, -0.25) is 4.79 Å². The van der Waals surface area contributed by atoms with Gasteiger partial charge in [0.25, 0.3) is 0 Å². The zero-order chi connectivity index (χ0) is 13.1. The molecule has 96 valence electrons. The number of benzene rings is 1. The minimum Gasteiger partial charge on any atom is -0.507 e. The average Bonchev–Trinajstić information content (AvgIpc) is 2.85. The summed E-state index contributed by atoms with van der Waals surface area (Å²) in [5, 5.41) is 23.9. The van der Waals surface area contributed by atoms with Crippen molar-refractivity contribution >= 4 is 17.6 Å². The van der Waals surface area contributed by atoms with Crippen LogP contribution >= 0.6 is 0 Å². The summed E-state index contributed by atoms with van der Waals surface area (Å²) in [6, 6.07) is 3.73. The van der Waals surface area contributed by atoms with Gasteiger partial charge in [0.2, 0.25) is 5.91 Å². The van der Waals surface area contributed by atoms with Crippen LogP contribution in [0.15, 0.2) is 18.2 Å². The molecule has 2 rings (SSSR count). The highest BCUT2D eigenvalue weighted by Crippen LogP contribution is 2.21. The molecule has 1 saturated heterocycles. The van der Waals surface area contributed by atoms with E-state index in [1.165, 1.54) is 18.2 Å². The Morgan fingerprint density at radius 1 is 1.39 bits per heavy atom. The Kier molecular flexibility index (Phi) is 3.47. The molecular weight excluding hydrogens is 236 g/mol. The van der Waals surface area contributed by atoms with E-state index in [0.717, 1.165) is 19.4 Å². The Bertz CT molecular complexity index is 481. The van der Waals surface area contributed by atoms with Crippen LogP contribution in [0, 0.1) is 0 Å². The summed E-state index contributed by atoms with van der Waals surface area (Å²) in [5.41, 5.74) is 0.135. The number of anilines is 1. The molecule has 6 nitrogen and oxygen atoms in total. The molecule has 0 aromatic heterocycles. The highest BCUT2D eigenvalue weighted by atomic mass is 16.4. The number of phenols is 1. The van der Waals surface area contributed by atoms with Crippen LogP contribution in [0.5, 0.6) is 5.75 Å². The first kappa shape index (κ1) is 12.4. The van der Waals surface area contributed by atoms with Gasteiger partial charge in [-0.15, -0.1) is 0 Å². The molecule has 1 fully saturated rings. The van der Waals surface area contributed by atoms with Gasteiger partial charge in [0.05, 0.1) is 6.04 Å². The van der Waals surface area contributed by atoms with Crippen molar-refractivity contribution < 1.29 is 19.8 Å². The van der Waals surface area contributed by atoms with Gasteiger partial charge in [-0.2, -0.15) is 0 Å². The van der Waals surface area contributed by atoms with Crippen LogP contribution < -0.4 is 10.6 Å². The van der Waals surface area contributed by atoms with E-state index in [9.17, 15) is 14.7 Å². The lowest BCUT2D eigenvalue weighted by molar-refractivity contribution is -0.117. The summed E-state index contributed by atoms with van der Waals surface area (Å²) in [6.07, 6.45) is 1.73. The molecule has 1 aromatic rings. The van der Waals surface area contributed by atoms with Crippen LogP contribution in [0.2, 0.25) is 0 Å². The van der Waals surface area contributed by atoms with Crippen molar-refractivity contribution in [2.75, 3.05) is 11.9 Å². The van der Waals surface area contributed by atoms with Crippen molar-refractivity contribution in [3.63, 3.8) is 0 Å². The number of rotatable bonds is 3. The number of nitrogens with one attached hydrogen (secondary N) is 2. The fraction of sp³-hybridized carbons (Fsp3) is 0.333. The predicted molar refractivity (Wildman–Crippen MR) is 64.7 cm³/mol. The number of amides is 1. The Balaban J connectivity index is 2.11. The second-order valence-electron chi connectivity index (χ2n) is 4.18. The van der Waals surface area contributed by atoms with Gasteiger partial charge >= 0.3 is 5.97 Å². The number of carbonyl (C=O) groups excluding carboxylic acids is 1. The van der Waals surface area contributed by atoms with Gasteiger partial charge in [0.1, 0.15) is 11.3 Å². The summed E-state index contributed by atoms with van der Waals surface area (Å²) in [4.78, 5) is 22.6. The molecular formula is C12H14N2O4. The zero-order valence-electron chi connectivity index (χ0n) is 9.64. The lowest BCUT2D eigenvalue weighted by Gasteiger charge is -2.11. The largest absolute Gasteiger partial charge is 0.507 e. The molecule has 0 radical (unpaired) electrons. The Morgan fingerprint density at radius 2 is 2.17 bits per heavy atom. The second-order valence-corrected chi connectivity index (χ2v) is 4.18. The summed E-state index contributed by atoms with van der Waals surface area (Å²) >= 11 is 0. The number of aromatic carboxylic acids is 1. The van der Waals surface area contributed by atoms with Gasteiger partial charge in [-0.05, 0) is 37.6 Å². The lowest BCUT2D eigenvalue weighted by atomic mass is 10.1. The van der Waals surface area contributed by atoms with E-state index in [-0.39, 0.29) is 23.3 Å². The minimum atomic E-state index is -1.23. The van der Waals surface area contributed by atoms with Crippen LogP contribution in [0.1, 0.15) is 23.2 Å². The highest BCUT2D eigenvalue weighted by molar-refractivity contribution is 5.97. The smallest absolute Gasteiger partial charge is 0.339 e. The number of hydrogen-bond donors (Lipinski definition) is 4. The third-order valence-corrected chi connectivity index (χ3v) is 2.87. The van der Waals surface area contributed by atoms with Gasteiger partial charge in [0.15, 0.2) is 0 Å². The maximum absolute atomic E-state index is 11.8. The first-order chi connectivity index (χ1) is 8.58. The van der Waals surface area contributed by atoms with Crippen LogP contribution in [-0.2, 0) is 4.79 Å². The quantitative estimate of drug-likeness (QED) is 0.594. The number of carboxylic acids is 1. The summed E-state index contributed by atoms with van der Waals surface area (Å²) < 4.78 is 0. The molecule has 6 heteroatoms. The summed E-state index contributed by atoms with van der Waals surface area (Å²) in [7, 11) is 0. The molecule has 0 aliphatic carbocycles. The molecule has 1 atom stereocenters. The SMILES string of the molecule is O=C(O)c1cc(NC(=O)[C@@H]2CCCN2)ccc1O. The van der Waals surface area contributed by atoms with E-state index in [4.69, 9.17) is 5.11 Å². The Morgan fingerprint density at radius 3 is 2.78 bits per heavy atom. The monoisotopic (exact) mass is 250 g/mol. The van der Waals surface area contributed by atoms with Crippen molar-refractivity contribution in [2.45, 2.75) is 18.9 Å². The standard InChI is InChI=1S/C12H14N2O4/c15-10-4-3-7(6-8(10)12(17)18)14-11(16)9-2-1-5-13-9/h3-4,6,9,13,15H,1-2,5H2,(H,14,16)(H,17,18)/t9-/m0/s1. The van der Waals surface area contributed by atoms with Gasteiger partial charge in [0, 0.05) is 5.69 Å². The molecule has 0 bridgehead atoms. The first-order valence-electron chi connectivity index (χ1n) is 5.68. The molecule has 1 aromatic carbocycles. The molecule has 1 aliphatic heterocycles. The van der Waals surface area contributed by atoms with E-state index in [2.05, 4.69) is 10.6 Å². The topological polar surface area (TPSA) is 98.7 Å². The van der Waals surface area contributed by atoms with E-state index >= 15 is 0 Å². The lowest BCUT2D eigenvalue weighted by Crippen LogP contribution is -2.35. The van der Waals surface area contributed by atoms with Crippen LogP contribution in [0.4, 0.5) is 5.69 Å². The Hall–Kier alpha value is -2.08. The number of aromatic hydroxyl groups is 1. The maximum atomic E-state index is 11.8. The molecule has 0 saturated carbocycles. The van der Waals surface area contributed by atoms with Crippen LogP contribution in [0.25, 0.3) is 0 Å². The van der Waals surface area contributed by atoms with Gasteiger partial charge in [-0.25, -0.2) is 4.79 Å². The molecule has 18 heavy (non-hydrogen) atoms. The highest BCUT2D eigenvalue weighted by Gasteiger charge is 2.22. The van der Waals surface area contributed by atoms with Gasteiger partial charge < -0.3 is 20.8 Å². The average molecular weight is 250 g/mol. The third-order valence-electron chi connectivity index (χ3n) is 2.87. The summed E-state index contributed by atoms with van der Waals surface area (Å²) in [6.45, 7) is 0.814. The van der Waals surface area contributed by atoms with Crippen molar-refractivity contribution in [1.29, 1.82) is 0 Å². The fourth-order valence-corrected chi connectivity index (χ4v) is 1.92. The fourth-order valence-electron chi connectivity index (χ4n) is 1.92. The zero-order valence-corrected chi connectivity index (χ0v) is 9.64. The van der Waals surface area contributed by atoms with Crippen molar-refractivity contribution in [1.82, 2.24) is 5.32 Å². The number of hydrogen-bond acceptors (Lipinski definition) is 4. The van der Waals surface area contributed by atoms with E-state index in [1.54, 1.807) is 0 Å². The predicted octanol–water partition coefficient (Wildman–Crippen LogP) is 0.781. The molecule has 0 unspecified atom stereocenters. The maximum Gasteiger partial charge on any atom is 0.339 e.